The van der Waals surface area contributed by atoms with Crippen LogP contribution in [0.2, 0.25) is 0 Å². The molecule has 1 aromatic carbocycles. The van der Waals surface area contributed by atoms with Crippen LogP contribution in [0.5, 0.6) is 0 Å². The van der Waals surface area contributed by atoms with E-state index in [0.717, 1.165) is 5.56 Å². The number of nitrogens with zero attached hydrogens (tertiary/aromatic N) is 4. The smallest absolute Gasteiger partial charge is 0.339 e. The van der Waals surface area contributed by atoms with Gasteiger partial charge in [0.05, 0.1) is 0 Å². The number of hydrogen-bond donors (Lipinski definition) is 1. The van der Waals surface area contributed by atoms with Gasteiger partial charge in [0.25, 0.3) is 12.3 Å². The number of carbonyl (C=O) groups excluding carboxylic acids is 1. The van der Waals surface area contributed by atoms with Crippen molar-refractivity contribution in [2.24, 2.45) is 0 Å². The van der Waals surface area contributed by atoms with Gasteiger partial charge in [-0.15, -0.1) is 0 Å². The van der Waals surface area contributed by atoms with E-state index in [1.165, 1.54) is 6.92 Å². The Balaban J connectivity index is 1.80. The summed E-state index contributed by atoms with van der Waals surface area (Å²) in [6, 6.07) is 6.77. The molecule has 3 aromatic rings. The zero-order chi connectivity index (χ0) is 22.1. The summed E-state index contributed by atoms with van der Waals surface area (Å²) in [5.74, 6) is -0.783. The van der Waals surface area contributed by atoms with Crippen LogP contribution in [0.3, 0.4) is 0 Å². The van der Waals surface area contributed by atoms with Gasteiger partial charge in [0.1, 0.15) is 18.3 Å². The molecule has 0 radical (unpaired) electrons. The van der Waals surface area contributed by atoms with Crippen molar-refractivity contribution in [3.63, 3.8) is 0 Å². The van der Waals surface area contributed by atoms with E-state index >= 15 is 0 Å². The molecule has 30 heavy (non-hydrogen) atoms. The summed E-state index contributed by atoms with van der Waals surface area (Å²) in [5.41, 5.74) is -0.463. The number of halogens is 5. The Morgan fingerprint density at radius 2 is 2.00 bits per heavy atom. The number of aromatic nitrogens is 4. The molecule has 0 aliphatic rings. The maximum absolute atomic E-state index is 12.9. The minimum absolute atomic E-state index is 0.00386. The quantitative estimate of drug-likeness (QED) is 0.599. The maximum atomic E-state index is 12.9. The van der Waals surface area contributed by atoms with Crippen molar-refractivity contribution < 1.29 is 31.3 Å². The van der Waals surface area contributed by atoms with E-state index in [2.05, 4.69) is 20.6 Å². The SMILES string of the molecule is Cc1cccc(-c2noc([C@@H](C)NC(=O)c3cc(C(F)(F)F)nn3CC(F)F)n2)c1. The molecule has 0 saturated carbocycles. The summed E-state index contributed by atoms with van der Waals surface area (Å²) < 4.78 is 69.4. The van der Waals surface area contributed by atoms with Crippen LogP contribution in [-0.4, -0.2) is 32.3 Å². The lowest BCUT2D eigenvalue weighted by Crippen LogP contribution is -2.29. The summed E-state index contributed by atoms with van der Waals surface area (Å²) >= 11 is 0. The van der Waals surface area contributed by atoms with Gasteiger partial charge in [-0.2, -0.15) is 23.3 Å². The van der Waals surface area contributed by atoms with Crippen LogP contribution < -0.4 is 5.32 Å². The van der Waals surface area contributed by atoms with Crippen LogP contribution >= 0.6 is 0 Å². The van der Waals surface area contributed by atoms with E-state index < -0.39 is 42.5 Å². The second-order valence-electron chi connectivity index (χ2n) is 6.51. The Hall–Kier alpha value is -3.31. The predicted octanol–water partition coefficient (Wildman–Crippen LogP) is 4.02. The average molecular weight is 429 g/mol. The number of carbonyl (C=O) groups is 1. The largest absolute Gasteiger partial charge is 0.435 e. The van der Waals surface area contributed by atoms with Crippen molar-refractivity contribution >= 4 is 5.91 Å². The van der Waals surface area contributed by atoms with Gasteiger partial charge in [0, 0.05) is 11.6 Å². The third-order valence-corrected chi connectivity index (χ3v) is 4.05. The van der Waals surface area contributed by atoms with Crippen LogP contribution in [0.15, 0.2) is 34.9 Å². The fraction of sp³-hybridized carbons (Fsp3) is 0.333. The molecule has 2 heterocycles. The number of benzene rings is 1. The maximum Gasteiger partial charge on any atom is 0.435 e. The number of amides is 1. The second kappa shape index (κ2) is 8.20. The minimum atomic E-state index is -4.89. The topological polar surface area (TPSA) is 85.8 Å². The lowest BCUT2D eigenvalue weighted by Gasteiger charge is -2.11. The summed E-state index contributed by atoms with van der Waals surface area (Å²) in [4.78, 5) is 16.6. The van der Waals surface area contributed by atoms with Gasteiger partial charge >= 0.3 is 6.18 Å². The van der Waals surface area contributed by atoms with E-state index in [4.69, 9.17) is 4.52 Å². The first-order valence-electron chi connectivity index (χ1n) is 8.69. The first-order valence-corrected chi connectivity index (χ1v) is 8.69. The van der Waals surface area contributed by atoms with Gasteiger partial charge in [-0.05, 0) is 19.9 Å². The van der Waals surface area contributed by atoms with Crippen LogP contribution in [0.1, 0.15) is 40.6 Å². The lowest BCUT2D eigenvalue weighted by molar-refractivity contribution is -0.141. The van der Waals surface area contributed by atoms with Crippen LogP contribution in [-0.2, 0) is 12.7 Å². The minimum Gasteiger partial charge on any atom is -0.339 e. The molecule has 0 aliphatic carbocycles. The highest BCUT2D eigenvalue weighted by atomic mass is 19.4. The fourth-order valence-electron chi connectivity index (χ4n) is 2.65. The van der Waals surface area contributed by atoms with Gasteiger partial charge in [0.15, 0.2) is 5.69 Å². The van der Waals surface area contributed by atoms with Crippen LogP contribution in [0.25, 0.3) is 11.4 Å². The van der Waals surface area contributed by atoms with E-state index in [9.17, 15) is 26.7 Å². The molecule has 0 bridgehead atoms. The van der Waals surface area contributed by atoms with E-state index in [0.29, 0.717) is 16.3 Å². The summed E-state index contributed by atoms with van der Waals surface area (Å²) in [7, 11) is 0. The average Bonchev–Trinajstić information content (AvgIpc) is 3.28. The fourth-order valence-corrected chi connectivity index (χ4v) is 2.65. The molecule has 1 N–H and O–H groups in total. The molecule has 0 unspecified atom stereocenters. The standard InChI is InChI=1S/C18H16F5N5O2/c1-9-4-3-5-11(6-9)15-25-17(30-27-15)10(2)24-16(29)12-7-13(18(21,22)23)26-28(12)8-14(19)20/h3-7,10,14H,8H2,1-2H3,(H,24,29)/t10-/m1/s1. The van der Waals surface area contributed by atoms with Crippen molar-refractivity contribution in [3.8, 4) is 11.4 Å². The molecule has 1 atom stereocenters. The van der Waals surface area contributed by atoms with Crippen molar-refractivity contribution in [2.75, 3.05) is 0 Å². The van der Waals surface area contributed by atoms with Crippen LogP contribution in [0, 0.1) is 6.92 Å². The summed E-state index contributed by atoms with van der Waals surface area (Å²) in [5, 5.41) is 9.25. The third-order valence-electron chi connectivity index (χ3n) is 4.05. The molecule has 3 rings (SSSR count). The molecular formula is C18H16F5N5O2. The zero-order valence-corrected chi connectivity index (χ0v) is 15.7. The Bertz CT molecular complexity index is 1040. The monoisotopic (exact) mass is 429 g/mol. The normalized spacial score (nSPS) is 12.9. The van der Waals surface area contributed by atoms with Gasteiger partial charge in [0.2, 0.25) is 11.7 Å². The van der Waals surface area contributed by atoms with Crippen molar-refractivity contribution in [2.45, 2.75) is 39.0 Å². The van der Waals surface area contributed by atoms with Crippen molar-refractivity contribution in [3.05, 3.63) is 53.2 Å². The Kier molecular flexibility index (Phi) is 5.85. The van der Waals surface area contributed by atoms with Gasteiger partial charge < -0.3 is 9.84 Å². The number of aryl methyl sites for hydroxylation is 1. The zero-order valence-electron chi connectivity index (χ0n) is 15.7. The molecular weight excluding hydrogens is 413 g/mol. The highest BCUT2D eigenvalue weighted by Crippen LogP contribution is 2.29. The number of nitrogens with one attached hydrogen (secondary N) is 1. The first-order chi connectivity index (χ1) is 14.0. The highest BCUT2D eigenvalue weighted by Gasteiger charge is 2.36. The molecule has 7 nitrogen and oxygen atoms in total. The number of hydrogen-bond acceptors (Lipinski definition) is 5. The van der Waals surface area contributed by atoms with E-state index in [-0.39, 0.29) is 11.7 Å². The number of alkyl halides is 5. The second-order valence-corrected chi connectivity index (χ2v) is 6.51. The van der Waals surface area contributed by atoms with Gasteiger partial charge in [-0.25, -0.2) is 8.78 Å². The Morgan fingerprint density at radius 3 is 2.63 bits per heavy atom. The molecule has 2 aromatic heterocycles. The summed E-state index contributed by atoms with van der Waals surface area (Å²) in [6.45, 7) is 2.18. The Morgan fingerprint density at radius 1 is 1.27 bits per heavy atom. The molecule has 1 amide bonds. The van der Waals surface area contributed by atoms with E-state index in [1.54, 1.807) is 12.1 Å². The van der Waals surface area contributed by atoms with Gasteiger partial charge in [-0.1, -0.05) is 28.9 Å². The molecule has 0 saturated heterocycles. The third kappa shape index (κ3) is 4.81. The first kappa shape index (κ1) is 21.4. The van der Waals surface area contributed by atoms with Crippen LogP contribution in [0.4, 0.5) is 22.0 Å². The predicted molar refractivity (Wildman–Crippen MR) is 93.6 cm³/mol. The molecule has 12 heteroatoms. The molecule has 0 aliphatic heterocycles. The van der Waals surface area contributed by atoms with Gasteiger partial charge in [-0.3, -0.25) is 9.48 Å². The van der Waals surface area contributed by atoms with Crippen molar-refractivity contribution in [1.29, 1.82) is 0 Å². The molecule has 160 valence electrons. The Labute approximate surface area is 166 Å². The lowest BCUT2D eigenvalue weighted by atomic mass is 10.1. The van der Waals surface area contributed by atoms with E-state index in [1.807, 2.05) is 19.1 Å². The van der Waals surface area contributed by atoms with Crippen molar-refractivity contribution in [1.82, 2.24) is 25.2 Å². The highest BCUT2D eigenvalue weighted by molar-refractivity contribution is 5.93. The number of rotatable bonds is 6. The molecule has 0 spiro atoms. The summed E-state index contributed by atoms with van der Waals surface area (Å²) in [6.07, 6.45) is -7.88. The molecule has 0 fully saturated rings.